The first-order chi connectivity index (χ1) is 8.34. The molecule has 0 atom stereocenters. The van der Waals surface area contributed by atoms with E-state index in [-0.39, 0.29) is 0 Å². The van der Waals surface area contributed by atoms with Crippen LogP contribution < -0.4 is 10.6 Å². The second-order valence-electron chi connectivity index (χ2n) is 3.70. The van der Waals surface area contributed by atoms with Crippen molar-refractivity contribution in [2.45, 2.75) is 13.0 Å². The number of amidine groups is 1. The second-order valence-corrected chi connectivity index (χ2v) is 5.36. The smallest absolute Gasteiger partial charge is 0.163 e. The molecule has 1 aromatic carbocycles. The fraction of sp³-hybridized carbons (Fsp3) is 0.333. The van der Waals surface area contributed by atoms with E-state index in [1.807, 2.05) is 18.2 Å². The van der Waals surface area contributed by atoms with Gasteiger partial charge in [0.25, 0.3) is 0 Å². The SMILES string of the molecule is S=C1NCCCN=C(NCc2ccccc2)S1. The van der Waals surface area contributed by atoms with Crippen LogP contribution in [0.2, 0.25) is 0 Å². The Morgan fingerprint density at radius 1 is 1.35 bits per heavy atom. The lowest BCUT2D eigenvalue weighted by molar-refractivity contribution is 0.786. The number of thiocarbonyl (C=S) groups is 1. The van der Waals surface area contributed by atoms with Gasteiger partial charge in [0.15, 0.2) is 5.17 Å². The summed E-state index contributed by atoms with van der Waals surface area (Å²) in [5.41, 5.74) is 1.25. The molecular weight excluding hydrogens is 250 g/mol. The Labute approximate surface area is 111 Å². The molecule has 17 heavy (non-hydrogen) atoms. The third-order valence-electron chi connectivity index (χ3n) is 2.34. The molecule has 2 rings (SSSR count). The van der Waals surface area contributed by atoms with Crippen molar-refractivity contribution >= 4 is 33.5 Å². The molecule has 1 aromatic rings. The predicted molar refractivity (Wildman–Crippen MR) is 78.4 cm³/mol. The number of thioether (sulfide) groups is 1. The van der Waals surface area contributed by atoms with E-state index in [1.54, 1.807) is 0 Å². The Kier molecular flexibility index (Phi) is 4.82. The first-order valence-corrected chi connectivity index (χ1v) is 6.85. The fourth-order valence-corrected chi connectivity index (χ4v) is 2.46. The van der Waals surface area contributed by atoms with Gasteiger partial charge in [-0.3, -0.25) is 4.99 Å². The van der Waals surface area contributed by atoms with E-state index in [2.05, 4.69) is 27.8 Å². The lowest BCUT2D eigenvalue weighted by atomic mass is 10.2. The Morgan fingerprint density at radius 3 is 3.00 bits per heavy atom. The number of aliphatic imine (C=N–C) groups is 1. The molecule has 0 aliphatic carbocycles. The maximum atomic E-state index is 5.19. The lowest BCUT2D eigenvalue weighted by Gasteiger charge is -2.14. The van der Waals surface area contributed by atoms with Gasteiger partial charge in [-0.15, -0.1) is 0 Å². The highest BCUT2D eigenvalue weighted by atomic mass is 32.2. The quantitative estimate of drug-likeness (QED) is 0.803. The van der Waals surface area contributed by atoms with Crippen LogP contribution in [-0.2, 0) is 6.54 Å². The van der Waals surface area contributed by atoms with Gasteiger partial charge in [-0.05, 0) is 23.7 Å². The maximum Gasteiger partial charge on any atom is 0.163 e. The second kappa shape index (κ2) is 6.61. The van der Waals surface area contributed by atoms with Crippen LogP contribution in [0.3, 0.4) is 0 Å². The molecule has 0 radical (unpaired) electrons. The monoisotopic (exact) mass is 265 g/mol. The molecule has 0 fully saturated rings. The molecule has 0 amide bonds. The van der Waals surface area contributed by atoms with Gasteiger partial charge in [-0.1, -0.05) is 42.5 Å². The molecule has 5 heteroatoms. The van der Waals surface area contributed by atoms with Gasteiger partial charge >= 0.3 is 0 Å². The summed E-state index contributed by atoms with van der Waals surface area (Å²) in [5.74, 6) is 0. The summed E-state index contributed by atoms with van der Waals surface area (Å²) < 4.78 is 0.795. The van der Waals surface area contributed by atoms with Crippen molar-refractivity contribution in [3.8, 4) is 0 Å². The standard InChI is InChI=1S/C12H15N3S2/c16-12-14-8-4-7-13-11(17-12)15-9-10-5-2-1-3-6-10/h1-3,5-6H,4,7-9H2,(H,13,15)(H,14,16). The molecule has 0 saturated heterocycles. The normalized spacial score (nSPS) is 16.5. The van der Waals surface area contributed by atoms with Crippen LogP contribution in [0.4, 0.5) is 0 Å². The van der Waals surface area contributed by atoms with Gasteiger partial charge in [0.05, 0.1) is 0 Å². The summed E-state index contributed by atoms with van der Waals surface area (Å²) in [6.07, 6.45) is 1.03. The van der Waals surface area contributed by atoms with Crippen LogP contribution in [0.5, 0.6) is 0 Å². The van der Waals surface area contributed by atoms with Crippen LogP contribution in [0.1, 0.15) is 12.0 Å². The van der Waals surface area contributed by atoms with E-state index in [9.17, 15) is 0 Å². The number of nitrogens with zero attached hydrogens (tertiary/aromatic N) is 1. The topological polar surface area (TPSA) is 36.4 Å². The molecule has 3 nitrogen and oxygen atoms in total. The van der Waals surface area contributed by atoms with Gasteiger partial charge in [-0.25, -0.2) is 0 Å². The first kappa shape index (κ1) is 12.4. The Bertz CT molecular complexity index is 403. The zero-order valence-corrected chi connectivity index (χ0v) is 11.1. The molecule has 1 aliphatic heterocycles. The predicted octanol–water partition coefficient (Wildman–Crippen LogP) is 2.14. The van der Waals surface area contributed by atoms with E-state index in [4.69, 9.17) is 12.2 Å². The summed E-state index contributed by atoms with van der Waals surface area (Å²) in [6.45, 7) is 2.55. The molecule has 0 saturated carbocycles. The van der Waals surface area contributed by atoms with Crippen LogP contribution in [-0.4, -0.2) is 22.6 Å². The average Bonchev–Trinajstić information content (AvgIpc) is 2.33. The van der Waals surface area contributed by atoms with Crippen molar-refractivity contribution in [2.75, 3.05) is 13.1 Å². The largest absolute Gasteiger partial charge is 0.371 e. The van der Waals surface area contributed by atoms with Gasteiger partial charge in [0, 0.05) is 19.6 Å². The van der Waals surface area contributed by atoms with Crippen molar-refractivity contribution in [3.05, 3.63) is 35.9 Å². The lowest BCUT2D eigenvalue weighted by Crippen LogP contribution is -2.29. The van der Waals surface area contributed by atoms with Gasteiger partial charge in [-0.2, -0.15) is 0 Å². The molecular formula is C12H15N3S2. The summed E-state index contributed by atoms with van der Waals surface area (Å²) in [5, 5.41) is 7.42. The van der Waals surface area contributed by atoms with Gasteiger partial charge in [0.2, 0.25) is 0 Å². The molecule has 0 bridgehead atoms. The molecule has 1 heterocycles. The van der Waals surface area contributed by atoms with Gasteiger partial charge in [0.1, 0.15) is 4.32 Å². The molecule has 0 aromatic heterocycles. The highest BCUT2D eigenvalue weighted by Gasteiger charge is 2.07. The van der Waals surface area contributed by atoms with Crippen molar-refractivity contribution < 1.29 is 0 Å². The van der Waals surface area contributed by atoms with Crippen molar-refractivity contribution in [1.29, 1.82) is 0 Å². The van der Waals surface area contributed by atoms with E-state index in [0.717, 1.165) is 35.5 Å². The minimum absolute atomic E-state index is 0.787. The minimum Gasteiger partial charge on any atom is -0.371 e. The van der Waals surface area contributed by atoms with Crippen molar-refractivity contribution in [3.63, 3.8) is 0 Å². The third kappa shape index (κ3) is 4.36. The van der Waals surface area contributed by atoms with E-state index < -0.39 is 0 Å². The molecule has 1 aliphatic rings. The first-order valence-electron chi connectivity index (χ1n) is 5.62. The number of nitrogens with one attached hydrogen (secondary N) is 2. The zero-order chi connectivity index (χ0) is 11.9. The maximum absolute atomic E-state index is 5.19. The molecule has 90 valence electrons. The summed E-state index contributed by atoms with van der Waals surface area (Å²) >= 11 is 6.69. The Morgan fingerprint density at radius 2 is 2.18 bits per heavy atom. The molecule has 0 unspecified atom stereocenters. The summed E-state index contributed by atoms with van der Waals surface area (Å²) in [6, 6.07) is 10.3. The average molecular weight is 265 g/mol. The van der Waals surface area contributed by atoms with Gasteiger partial charge < -0.3 is 10.6 Å². The number of rotatable bonds is 2. The van der Waals surface area contributed by atoms with Crippen LogP contribution in [0.25, 0.3) is 0 Å². The van der Waals surface area contributed by atoms with Crippen molar-refractivity contribution in [1.82, 2.24) is 10.6 Å². The molecule has 2 N–H and O–H groups in total. The van der Waals surface area contributed by atoms with E-state index in [1.165, 1.54) is 17.3 Å². The fourth-order valence-electron chi connectivity index (χ4n) is 1.47. The number of hydrogen-bond donors (Lipinski definition) is 2. The summed E-state index contributed by atoms with van der Waals surface area (Å²) in [4.78, 5) is 4.49. The number of hydrogen-bond acceptors (Lipinski definition) is 4. The third-order valence-corrected chi connectivity index (χ3v) is 3.53. The summed E-state index contributed by atoms with van der Waals surface area (Å²) in [7, 11) is 0. The Hall–Kier alpha value is -1.07. The van der Waals surface area contributed by atoms with E-state index >= 15 is 0 Å². The minimum atomic E-state index is 0.787. The van der Waals surface area contributed by atoms with Crippen LogP contribution in [0.15, 0.2) is 35.3 Å². The highest BCUT2D eigenvalue weighted by molar-refractivity contribution is 8.32. The number of benzene rings is 1. The van der Waals surface area contributed by atoms with Crippen LogP contribution >= 0.6 is 24.0 Å². The Balaban J connectivity index is 1.90. The van der Waals surface area contributed by atoms with E-state index in [0.29, 0.717) is 0 Å². The highest BCUT2D eigenvalue weighted by Crippen LogP contribution is 2.08. The van der Waals surface area contributed by atoms with Crippen LogP contribution in [0, 0.1) is 0 Å². The van der Waals surface area contributed by atoms with Crippen molar-refractivity contribution in [2.24, 2.45) is 4.99 Å². The zero-order valence-electron chi connectivity index (χ0n) is 9.48. The molecule has 0 spiro atoms.